The van der Waals surface area contributed by atoms with Gasteiger partial charge in [0.1, 0.15) is 0 Å². The van der Waals surface area contributed by atoms with Crippen LogP contribution in [0.3, 0.4) is 0 Å². The highest BCUT2D eigenvalue weighted by atomic mass is 15.0. The van der Waals surface area contributed by atoms with Crippen LogP contribution < -0.4 is 0 Å². The zero-order valence-corrected chi connectivity index (χ0v) is 18.6. The minimum absolute atomic E-state index is 0.857. The Kier molecular flexibility index (Phi) is 5.47. The molecule has 1 heteroatoms. The Bertz CT molecular complexity index is 1450. The van der Waals surface area contributed by atoms with Gasteiger partial charge in [-0.05, 0) is 66.4 Å². The van der Waals surface area contributed by atoms with Gasteiger partial charge < -0.3 is 4.57 Å². The second-order valence-corrected chi connectivity index (χ2v) is 8.26. The molecule has 1 nitrogen and oxygen atoms in total. The highest BCUT2D eigenvalue weighted by molar-refractivity contribution is 6.09. The fourth-order valence-electron chi connectivity index (χ4n) is 4.46. The highest BCUT2D eigenvalue weighted by Crippen LogP contribution is 2.34. The fraction of sp³-hybridized carbons (Fsp3) is 0.0968. The van der Waals surface area contributed by atoms with Gasteiger partial charge in [-0.25, -0.2) is 0 Å². The maximum atomic E-state index is 2.41. The molecule has 0 aliphatic heterocycles. The predicted octanol–water partition coefficient (Wildman–Crippen LogP) is 8.57. The van der Waals surface area contributed by atoms with Crippen molar-refractivity contribution in [2.45, 2.75) is 20.4 Å². The van der Waals surface area contributed by atoms with Crippen molar-refractivity contribution in [1.82, 2.24) is 4.57 Å². The summed E-state index contributed by atoms with van der Waals surface area (Å²) in [5.74, 6) is 0. The summed E-state index contributed by atoms with van der Waals surface area (Å²) in [5.41, 5.74) is 8.84. The molecule has 0 atom stereocenters. The van der Waals surface area contributed by atoms with E-state index in [1.807, 2.05) is 6.92 Å². The molecule has 4 aromatic carbocycles. The second kappa shape index (κ2) is 8.72. The number of aromatic nitrogens is 1. The van der Waals surface area contributed by atoms with Crippen molar-refractivity contribution in [1.29, 1.82) is 0 Å². The molecule has 156 valence electrons. The van der Waals surface area contributed by atoms with Crippen LogP contribution in [-0.4, -0.2) is 4.57 Å². The third-order valence-corrected chi connectivity index (χ3v) is 6.05. The Labute approximate surface area is 190 Å². The average molecular weight is 414 g/mol. The normalized spacial score (nSPS) is 11.9. The fourth-order valence-corrected chi connectivity index (χ4v) is 4.46. The first-order valence-electron chi connectivity index (χ1n) is 11.2. The van der Waals surface area contributed by atoms with Crippen molar-refractivity contribution < 1.29 is 0 Å². The summed E-state index contributed by atoms with van der Waals surface area (Å²) < 4.78 is 2.41. The van der Waals surface area contributed by atoms with Crippen molar-refractivity contribution in [2.24, 2.45) is 0 Å². The predicted molar refractivity (Wildman–Crippen MR) is 139 cm³/mol. The van der Waals surface area contributed by atoms with E-state index in [0.29, 0.717) is 0 Å². The number of hydrogen-bond donors (Lipinski definition) is 0. The third-order valence-electron chi connectivity index (χ3n) is 6.05. The summed E-state index contributed by atoms with van der Waals surface area (Å²) in [4.78, 5) is 0. The molecule has 0 spiro atoms. The van der Waals surface area contributed by atoms with Gasteiger partial charge in [-0.1, -0.05) is 90.5 Å². The highest BCUT2D eigenvalue weighted by Gasteiger charge is 2.12. The van der Waals surface area contributed by atoms with Gasteiger partial charge in [0, 0.05) is 28.4 Å². The Balaban J connectivity index is 1.64. The van der Waals surface area contributed by atoms with Crippen molar-refractivity contribution in [3.8, 4) is 22.3 Å². The van der Waals surface area contributed by atoms with Crippen molar-refractivity contribution in [2.75, 3.05) is 0 Å². The summed E-state index contributed by atoms with van der Waals surface area (Å²) in [7, 11) is 0. The van der Waals surface area contributed by atoms with Crippen LogP contribution in [-0.2, 0) is 6.54 Å². The monoisotopic (exact) mass is 413 g/mol. The number of allylic oxidation sites excluding steroid dienone is 4. The Morgan fingerprint density at radius 1 is 0.625 bits per heavy atom. The molecule has 1 heterocycles. The number of hydrogen-bond acceptors (Lipinski definition) is 0. The average Bonchev–Trinajstić information content (AvgIpc) is 3.14. The molecule has 1 aromatic heterocycles. The molecule has 32 heavy (non-hydrogen) atoms. The minimum atomic E-state index is 0.857. The first-order valence-corrected chi connectivity index (χ1v) is 11.2. The third kappa shape index (κ3) is 3.78. The van der Waals surface area contributed by atoms with E-state index in [9.17, 15) is 0 Å². The van der Waals surface area contributed by atoms with Gasteiger partial charge in [-0.2, -0.15) is 0 Å². The van der Waals surface area contributed by atoms with Gasteiger partial charge in [0.25, 0.3) is 0 Å². The second-order valence-electron chi connectivity index (χ2n) is 8.26. The topological polar surface area (TPSA) is 4.93 Å². The van der Waals surface area contributed by atoms with E-state index in [2.05, 4.69) is 127 Å². The quantitative estimate of drug-likeness (QED) is 0.254. The van der Waals surface area contributed by atoms with Crippen LogP contribution in [0.4, 0.5) is 0 Å². The summed E-state index contributed by atoms with van der Waals surface area (Å²) >= 11 is 0. The van der Waals surface area contributed by atoms with Crippen LogP contribution in [0.25, 0.3) is 44.1 Å². The van der Waals surface area contributed by atoms with Gasteiger partial charge in [0.15, 0.2) is 0 Å². The smallest absolute Gasteiger partial charge is 0.0494 e. The van der Waals surface area contributed by atoms with Gasteiger partial charge in [-0.3, -0.25) is 0 Å². The Morgan fingerprint density at radius 3 is 2.06 bits per heavy atom. The molecule has 5 aromatic rings. The maximum absolute atomic E-state index is 2.41. The van der Waals surface area contributed by atoms with Gasteiger partial charge in [0.2, 0.25) is 0 Å². The summed E-state index contributed by atoms with van der Waals surface area (Å²) in [6.45, 7) is 5.07. The number of nitrogens with zero attached hydrogens (tertiary/aromatic N) is 1. The molecule has 0 fully saturated rings. The zero-order valence-electron chi connectivity index (χ0n) is 18.6. The lowest BCUT2D eigenvalue weighted by Crippen LogP contribution is -1.94. The Morgan fingerprint density at radius 2 is 1.28 bits per heavy atom. The van der Waals surface area contributed by atoms with Gasteiger partial charge in [0.05, 0.1) is 0 Å². The van der Waals surface area contributed by atoms with Gasteiger partial charge in [-0.15, -0.1) is 0 Å². The molecular formula is C31H27N. The molecule has 0 aliphatic rings. The van der Waals surface area contributed by atoms with E-state index in [0.717, 1.165) is 6.54 Å². The van der Waals surface area contributed by atoms with Crippen LogP contribution in [0.2, 0.25) is 0 Å². The SMILES string of the molecule is C/C=C\C=C/Cn1c2ccc(C)cc2c2cc(-c3cccc(-c4ccccc4)c3)ccc21. The first-order chi connectivity index (χ1) is 15.7. The molecule has 0 N–H and O–H groups in total. The van der Waals surface area contributed by atoms with E-state index in [1.54, 1.807) is 0 Å². The number of rotatable bonds is 5. The summed E-state index contributed by atoms with van der Waals surface area (Å²) in [5, 5.41) is 2.63. The lowest BCUT2D eigenvalue weighted by molar-refractivity contribution is 0.899. The molecular weight excluding hydrogens is 386 g/mol. The maximum Gasteiger partial charge on any atom is 0.0494 e. The van der Waals surface area contributed by atoms with Crippen molar-refractivity contribution in [3.63, 3.8) is 0 Å². The number of fused-ring (bicyclic) bond motifs is 3. The van der Waals surface area contributed by atoms with Crippen LogP contribution in [0.1, 0.15) is 12.5 Å². The van der Waals surface area contributed by atoms with Crippen LogP contribution in [0.5, 0.6) is 0 Å². The van der Waals surface area contributed by atoms with Crippen molar-refractivity contribution in [3.05, 3.63) is 121 Å². The zero-order chi connectivity index (χ0) is 21.9. The minimum Gasteiger partial charge on any atom is -0.337 e. The Hall–Kier alpha value is -3.84. The number of aryl methyl sites for hydroxylation is 1. The largest absolute Gasteiger partial charge is 0.337 e. The van der Waals surface area contributed by atoms with E-state index in [4.69, 9.17) is 0 Å². The van der Waals surface area contributed by atoms with E-state index < -0.39 is 0 Å². The lowest BCUT2D eigenvalue weighted by Gasteiger charge is -2.08. The van der Waals surface area contributed by atoms with E-state index in [-0.39, 0.29) is 0 Å². The molecule has 0 bridgehead atoms. The molecule has 0 saturated heterocycles. The summed E-state index contributed by atoms with van der Waals surface area (Å²) in [6.07, 6.45) is 8.47. The first kappa shape index (κ1) is 20.1. The van der Waals surface area contributed by atoms with E-state index in [1.165, 1.54) is 49.6 Å². The van der Waals surface area contributed by atoms with Gasteiger partial charge >= 0.3 is 0 Å². The van der Waals surface area contributed by atoms with Crippen molar-refractivity contribution >= 4 is 21.8 Å². The molecule has 0 amide bonds. The lowest BCUT2D eigenvalue weighted by atomic mass is 9.98. The molecule has 0 aliphatic carbocycles. The molecule has 0 saturated carbocycles. The molecule has 0 unspecified atom stereocenters. The van der Waals surface area contributed by atoms with Crippen LogP contribution in [0, 0.1) is 6.92 Å². The standard InChI is InChI=1S/C31H27N/c1-3-4-5-9-19-32-30-17-15-23(2)20-28(30)29-22-27(16-18-31(29)32)26-14-10-13-25(21-26)24-11-7-6-8-12-24/h3-18,20-22H,19H2,1-2H3/b4-3-,9-5-. The number of benzene rings is 4. The molecule has 5 rings (SSSR count). The van der Waals surface area contributed by atoms with Crippen LogP contribution in [0.15, 0.2) is 115 Å². The summed E-state index contributed by atoms with van der Waals surface area (Å²) in [6, 6.07) is 33.1. The van der Waals surface area contributed by atoms with E-state index >= 15 is 0 Å². The molecule has 0 radical (unpaired) electrons. The van der Waals surface area contributed by atoms with Crippen LogP contribution >= 0.6 is 0 Å².